The van der Waals surface area contributed by atoms with Crippen molar-refractivity contribution in [3.63, 3.8) is 0 Å². The highest BCUT2D eigenvalue weighted by atomic mass is 16.5. The molecule has 1 aromatic carbocycles. The molecule has 3 aromatic rings. The molecule has 1 amide bonds. The number of aryl methyl sites for hydroxylation is 2. The van der Waals surface area contributed by atoms with Gasteiger partial charge in [-0.25, -0.2) is 4.79 Å². The first-order valence-electron chi connectivity index (χ1n) is 11.5. The molecule has 0 bridgehead atoms. The van der Waals surface area contributed by atoms with E-state index in [1.807, 2.05) is 25.1 Å². The maximum absolute atomic E-state index is 12.7. The molecular weight excluding hydrogens is 404 g/mol. The Morgan fingerprint density at radius 3 is 2.81 bits per heavy atom. The van der Waals surface area contributed by atoms with Gasteiger partial charge >= 0.3 is 5.63 Å². The molecule has 1 aliphatic carbocycles. The quantitative estimate of drug-likeness (QED) is 0.619. The second-order valence-corrected chi connectivity index (χ2v) is 9.11. The SMILES string of the molecule is Cc1c(CC(=O)NCc2cccnc2)c(=O)oc2cc3c(cc12)CCC1(CCCCC1)O3. The topological polar surface area (TPSA) is 81.4 Å². The standard InChI is InChI=1S/C26H28N2O4/c1-17-20-12-19-7-10-26(8-3-2-4-9-26)32-22(19)14-23(20)31-25(30)21(17)13-24(29)28-16-18-6-5-11-27-15-18/h5-6,11-12,14-15H,2-4,7-10,13,16H2,1H3,(H,28,29). The summed E-state index contributed by atoms with van der Waals surface area (Å²) in [7, 11) is 0. The van der Waals surface area contributed by atoms with Crippen LogP contribution in [0.5, 0.6) is 5.75 Å². The molecule has 0 unspecified atom stereocenters. The zero-order valence-corrected chi connectivity index (χ0v) is 18.4. The van der Waals surface area contributed by atoms with Crippen LogP contribution in [-0.4, -0.2) is 16.5 Å². The fourth-order valence-electron chi connectivity index (χ4n) is 5.08. The molecule has 1 saturated carbocycles. The van der Waals surface area contributed by atoms with E-state index in [-0.39, 0.29) is 17.9 Å². The first-order chi connectivity index (χ1) is 15.5. The molecule has 1 spiro atoms. The van der Waals surface area contributed by atoms with Gasteiger partial charge in [-0.05, 0) is 74.3 Å². The molecule has 2 aliphatic rings. The highest BCUT2D eigenvalue weighted by molar-refractivity contribution is 5.86. The fourth-order valence-corrected chi connectivity index (χ4v) is 5.08. The Morgan fingerprint density at radius 2 is 2.03 bits per heavy atom. The molecule has 32 heavy (non-hydrogen) atoms. The van der Waals surface area contributed by atoms with Crippen LogP contribution < -0.4 is 15.7 Å². The van der Waals surface area contributed by atoms with E-state index in [2.05, 4.69) is 16.4 Å². The van der Waals surface area contributed by atoms with Gasteiger partial charge in [0, 0.05) is 30.4 Å². The minimum absolute atomic E-state index is 0.0128. The number of amides is 1. The summed E-state index contributed by atoms with van der Waals surface area (Å²) < 4.78 is 12.1. The van der Waals surface area contributed by atoms with Gasteiger partial charge in [0.2, 0.25) is 5.91 Å². The first-order valence-corrected chi connectivity index (χ1v) is 11.5. The van der Waals surface area contributed by atoms with E-state index in [9.17, 15) is 9.59 Å². The van der Waals surface area contributed by atoms with Crippen molar-refractivity contribution in [2.75, 3.05) is 0 Å². The van der Waals surface area contributed by atoms with Crippen LogP contribution in [0.1, 0.15) is 60.8 Å². The minimum Gasteiger partial charge on any atom is -0.487 e. The third-order valence-corrected chi connectivity index (χ3v) is 6.96. The van der Waals surface area contributed by atoms with E-state index >= 15 is 0 Å². The summed E-state index contributed by atoms with van der Waals surface area (Å²) in [5.41, 5.74) is 3.27. The number of carbonyl (C=O) groups excluding carboxylic acids is 1. The monoisotopic (exact) mass is 432 g/mol. The van der Waals surface area contributed by atoms with Crippen molar-refractivity contribution in [1.29, 1.82) is 0 Å². The van der Waals surface area contributed by atoms with Crippen LogP contribution in [0.4, 0.5) is 0 Å². The second kappa shape index (κ2) is 8.41. The average molecular weight is 433 g/mol. The van der Waals surface area contributed by atoms with Gasteiger partial charge in [0.05, 0.1) is 12.0 Å². The summed E-state index contributed by atoms with van der Waals surface area (Å²) in [6.45, 7) is 2.26. The number of benzene rings is 1. The lowest BCUT2D eigenvalue weighted by molar-refractivity contribution is -0.120. The number of fused-ring (bicyclic) bond motifs is 2. The predicted molar refractivity (Wildman–Crippen MR) is 122 cm³/mol. The Hall–Kier alpha value is -3.15. The van der Waals surface area contributed by atoms with Crippen LogP contribution in [0, 0.1) is 6.92 Å². The van der Waals surface area contributed by atoms with Crippen molar-refractivity contribution < 1.29 is 13.9 Å². The number of hydrogen-bond acceptors (Lipinski definition) is 5. The molecule has 3 heterocycles. The summed E-state index contributed by atoms with van der Waals surface area (Å²) in [6.07, 6.45) is 11.3. The van der Waals surface area contributed by atoms with Crippen molar-refractivity contribution in [2.24, 2.45) is 0 Å². The minimum atomic E-state index is -0.463. The number of pyridine rings is 1. The molecule has 6 nitrogen and oxygen atoms in total. The third kappa shape index (κ3) is 4.01. The van der Waals surface area contributed by atoms with E-state index in [0.29, 0.717) is 17.7 Å². The molecule has 166 valence electrons. The maximum Gasteiger partial charge on any atom is 0.340 e. The number of rotatable bonds is 4. The Balaban J connectivity index is 1.39. The molecule has 0 atom stereocenters. The summed E-state index contributed by atoms with van der Waals surface area (Å²) in [5, 5.41) is 3.73. The lowest BCUT2D eigenvalue weighted by atomic mass is 9.79. The van der Waals surface area contributed by atoms with Crippen LogP contribution in [-0.2, 0) is 24.2 Å². The third-order valence-electron chi connectivity index (χ3n) is 6.96. The largest absolute Gasteiger partial charge is 0.487 e. The summed E-state index contributed by atoms with van der Waals surface area (Å²) in [5.74, 6) is 0.624. The van der Waals surface area contributed by atoms with Crippen LogP contribution in [0.25, 0.3) is 11.0 Å². The van der Waals surface area contributed by atoms with Crippen LogP contribution >= 0.6 is 0 Å². The number of hydrogen-bond donors (Lipinski definition) is 1. The van der Waals surface area contributed by atoms with Crippen molar-refractivity contribution in [3.05, 3.63) is 69.3 Å². The number of nitrogens with zero attached hydrogens (tertiary/aromatic N) is 1. The molecule has 0 radical (unpaired) electrons. The molecule has 2 aromatic heterocycles. The normalized spacial score (nSPS) is 17.0. The van der Waals surface area contributed by atoms with Crippen molar-refractivity contribution >= 4 is 16.9 Å². The molecule has 5 rings (SSSR count). The number of ether oxygens (including phenoxy) is 1. The van der Waals surface area contributed by atoms with Gasteiger partial charge in [-0.15, -0.1) is 0 Å². The predicted octanol–water partition coefficient (Wildman–Crippen LogP) is 4.38. The van der Waals surface area contributed by atoms with Gasteiger partial charge in [-0.3, -0.25) is 9.78 Å². The maximum atomic E-state index is 12.7. The lowest BCUT2D eigenvalue weighted by Crippen LogP contribution is -2.41. The Bertz CT molecular complexity index is 1210. The average Bonchev–Trinajstić information content (AvgIpc) is 2.81. The van der Waals surface area contributed by atoms with Crippen molar-refractivity contribution in [2.45, 2.75) is 70.4 Å². The van der Waals surface area contributed by atoms with Gasteiger partial charge in [0.25, 0.3) is 0 Å². The molecule has 1 aliphatic heterocycles. The Kier molecular flexibility index (Phi) is 5.45. The number of carbonyl (C=O) groups is 1. The second-order valence-electron chi connectivity index (χ2n) is 9.11. The van der Waals surface area contributed by atoms with E-state index in [0.717, 1.165) is 53.5 Å². The number of aromatic nitrogens is 1. The molecule has 6 heteroatoms. The van der Waals surface area contributed by atoms with Gasteiger partial charge in [-0.1, -0.05) is 12.5 Å². The van der Waals surface area contributed by atoms with E-state index < -0.39 is 5.63 Å². The zero-order valence-electron chi connectivity index (χ0n) is 18.4. The van der Waals surface area contributed by atoms with Crippen LogP contribution in [0.15, 0.2) is 45.9 Å². The summed E-state index contributed by atoms with van der Waals surface area (Å²) in [6, 6.07) is 7.67. The van der Waals surface area contributed by atoms with Crippen molar-refractivity contribution in [3.8, 4) is 5.75 Å². The Labute approximate surface area is 187 Å². The molecule has 0 saturated heterocycles. The van der Waals surface area contributed by atoms with Crippen LogP contribution in [0.3, 0.4) is 0 Å². The fraction of sp³-hybridized carbons (Fsp3) is 0.423. The smallest absolute Gasteiger partial charge is 0.340 e. The molecule has 1 N–H and O–H groups in total. The van der Waals surface area contributed by atoms with Gasteiger partial charge < -0.3 is 14.5 Å². The first kappa shape index (κ1) is 20.7. The summed E-state index contributed by atoms with van der Waals surface area (Å²) in [4.78, 5) is 29.3. The zero-order chi connectivity index (χ0) is 22.1. The van der Waals surface area contributed by atoms with Gasteiger partial charge in [0.15, 0.2) is 0 Å². The summed E-state index contributed by atoms with van der Waals surface area (Å²) >= 11 is 0. The molecular formula is C26H28N2O4. The van der Waals surface area contributed by atoms with E-state index in [1.165, 1.54) is 19.3 Å². The van der Waals surface area contributed by atoms with Gasteiger partial charge in [0.1, 0.15) is 16.9 Å². The highest BCUT2D eigenvalue weighted by Crippen LogP contribution is 2.43. The van der Waals surface area contributed by atoms with Gasteiger partial charge in [-0.2, -0.15) is 0 Å². The van der Waals surface area contributed by atoms with Crippen LogP contribution in [0.2, 0.25) is 0 Å². The lowest BCUT2D eigenvalue weighted by Gasteiger charge is -2.41. The number of nitrogens with one attached hydrogen (secondary N) is 1. The van der Waals surface area contributed by atoms with E-state index in [4.69, 9.17) is 9.15 Å². The highest BCUT2D eigenvalue weighted by Gasteiger charge is 2.37. The van der Waals surface area contributed by atoms with Crippen molar-refractivity contribution in [1.82, 2.24) is 10.3 Å². The van der Waals surface area contributed by atoms with E-state index in [1.54, 1.807) is 12.4 Å². The molecule has 1 fully saturated rings. The Morgan fingerprint density at radius 1 is 1.19 bits per heavy atom.